The van der Waals surface area contributed by atoms with Crippen molar-refractivity contribution in [2.45, 2.75) is 12.5 Å². The number of anilines is 2. The molecule has 0 aromatic heterocycles. The number of carbonyl (C=O) groups is 2. The van der Waals surface area contributed by atoms with E-state index in [2.05, 4.69) is 10.0 Å². The number of ether oxygens (including phenoxy) is 2. The van der Waals surface area contributed by atoms with E-state index in [0.717, 1.165) is 5.56 Å². The Morgan fingerprint density at radius 1 is 0.805 bits per heavy atom. The molecular formula is C30H30N4O6S. The maximum Gasteiger partial charge on any atom is 0.330 e. The van der Waals surface area contributed by atoms with Gasteiger partial charge in [0.15, 0.2) is 0 Å². The second-order valence-corrected chi connectivity index (χ2v) is 10.4. The molecule has 0 aliphatic carbocycles. The number of nitrogens with one attached hydrogen (secondary N) is 3. The molecule has 0 aliphatic rings. The first kappa shape index (κ1) is 29.0. The largest absolute Gasteiger partial charge is 0.497 e. The first-order valence-electron chi connectivity index (χ1n) is 12.6. The van der Waals surface area contributed by atoms with Crippen molar-refractivity contribution in [3.63, 3.8) is 0 Å². The Morgan fingerprint density at radius 3 is 2.10 bits per heavy atom. The smallest absolute Gasteiger partial charge is 0.330 e. The van der Waals surface area contributed by atoms with Crippen molar-refractivity contribution in [2.75, 3.05) is 23.8 Å². The molecule has 1 atom stereocenters. The van der Waals surface area contributed by atoms with E-state index in [1.165, 1.54) is 17.0 Å². The third-order valence-electron chi connectivity index (χ3n) is 5.97. The molecule has 0 unspecified atom stereocenters. The number of nitrogens with zero attached hydrogens (tertiary/aromatic N) is 1. The zero-order valence-electron chi connectivity index (χ0n) is 22.5. The summed E-state index contributed by atoms with van der Waals surface area (Å²) in [6.45, 7) is 0. The number of methoxy groups -OCH3 is 1. The van der Waals surface area contributed by atoms with Gasteiger partial charge in [-0.25, -0.2) is 9.52 Å². The first-order valence-corrected chi connectivity index (χ1v) is 14.1. The number of urea groups is 1. The van der Waals surface area contributed by atoms with Crippen LogP contribution in [0.5, 0.6) is 17.2 Å². The van der Waals surface area contributed by atoms with Gasteiger partial charge in [0.1, 0.15) is 23.3 Å². The highest BCUT2D eigenvalue weighted by Crippen LogP contribution is 2.24. The van der Waals surface area contributed by atoms with Crippen LogP contribution in [0, 0.1) is 0 Å². The van der Waals surface area contributed by atoms with E-state index in [1.54, 1.807) is 62.7 Å². The Labute approximate surface area is 239 Å². The van der Waals surface area contributed by atoms with E-state index in [4.69, 9.17) is 9.47 Å². The van der Waals surface area contributed by atoms with E-state index >= 15 is 0 Å². The van der Waals surface area contributed by atoms with Crippen molar-refractivity contribution in [3.05, 3.63) is 115 Å². The molecule has 10 nitrogen and oxygen atoms in total. The molecular weight excluding hydrogens is 544 g/mol. The lowest BCUT2D eigenvalue weighted by atomic mass is 10.0. The molecule has 212 valence electrons. The normalized spacial score (nSPS) is 11.6. The van der Waals surface area contributed by atoms with Crippen molar-refractivity contribution in [1.29, 1.82) is 0 Å². The molecule has 41 heavy (non-hydrogen) atoms. The minimum absolute atomic E-state index is 0.139. The van der Waals surface area contributed by atoms with Gasteiger partial charge in [-0.3, -0.25) is 9.52 Å². The average molecular weight is 575 g/mol. The molecule has 4 rings (SSSR count). The van der Waals surface area contributed by atoms with Crippen molar-refractivity contribution in [3.8, 4) is 17.2 Å². The summed E-state index contributed by atoms with van der Waals surface area (Å²) in [5.74, 6) is 1.17. The molecule has 4 aromatic carbocycles. The van der Waals surface area contributed by atoms with Crippen LogP contribution in [-0.4, -0.2) is 40.6 Å². The van der Waals surface area contributed by atoms with Crippen LogP contribution >= 0.6 is 0 Å². The number of rotatable bonds is 11. The molecule has 0 heterocycles. The summed E-state index contributed by atoms with van der Waals surface area (Å²) in [5, 5.41) is 2.51. The van der Waals surface area contributed by atoms with Gasteiger partial charge in [0.2, 0.25) is 5.91 Å². The van der Waals surface area contributed by atoms with Crippen molar-refractivity contribution >= 4 is 33.5 Å². The standard InChI is InChI=1S/C30H30N4O6S/c1-34(24-16-18-25(39-2)19-17-24)29(35)28(20-22-10-5-3-6-11-22)31-30(36)33-41(37,38)32-23-12-9-15-27(21-23)40-26-13-7-4-8-14-26/h3-19,21,28,32H,20H2,1-2H3,(H2,31,33,36)/t28-/m0/s1. The summed E-state index contributed by atoms with van der Waals surface area (Å²) in [6, 6.07) is 29.1. The number of hydrogen-bond acceptors (Lipinski definition) is 6. The van der Waals surface area contributed by atoms with Crippen LogP contribution in [0.4, 0.5) is 16.2 Å². The van der Waals surface area contributed by atoms with E-state index in [1.807, 2.05) is 53.3 Å². The number of amides is 3. The molecule has 3 amide bonds. The van der Waals surface area contributed by atoms with Crippen LogP contribution in [0.3, 0.4) is 0 Å². The summed E-state index contributed by atoms with van der Waals surface area (Å²) in [5.41, 5.74) is 1.53. The lowest BCUT2D eigenvalue weighted by Crippen LogP contribution is -2.53. The minimum atomic E-state index is -4.35. The molecule has 0 fully saturated rings. The van der Waals surface area contributed by atoms with Gasteiger partial charge in [-0.15, -0.1) is 0 Å². The van der Waals surface area contributed by atoms with Crippen LogP contribution in [0.1, 0.15) is 5.56 Å². The fourth-order valence-electron chi connectivity index (χ4n) is 3.95. The van der Waals surface area contributed by atoms with Crippen LogP contribution in [0.2, 0.25) is 0 Å². The topological polar surface area (TPSA) is 126 Å². The van der Waals surface area contributed by atoms with Gasteiger partial charge in [-0.1, -0.05) is 54.6 Å². The molecule has 0 radical (unpaired) electrons. The minimum Gasteiger partial charge on any atom is -0.497 e. The predicted octanol–water partition coefficient (Wildman–Crippen LogP) is 4.72. The number of carbonyl (C=O) groups excluding carboxylic acids is 2. The molecule has 4 aromatic rings. The van der Waals surface area contributed by atoms with Gasteiger partial charge in [-0.2, -0.15) is 8.42 Å². The van der Waals surface area contributed by atoms with E-state index < -0.39 is 28.2 Å². The molecule has 0 saturated carbocycles. The first-order chi connectivity index (χ1) is 19.7. The molecule has 11 heteroatoms. The van der Waals surface area contributed by atoms with Crippen LogP contribution in [0.15, 0.2) is 109 Å². The number of likely N-dealkylation sites (N-methyl/N-ethyl adjacent to an activating group) is 1. The molecule has 0 bridgehead atoms. The second-order valence-electron chi connectivity index (χ2n) is 8.96. The van der Waals surface area contributed by atoms with Gasteiger partial charge < -0.3 is 19.7 Å². The molecule has 0 aliphatic heterocycles. The SMILES string of the molecule is COc1ccc(N(C)C(=O)[C@H](Cc2ccccc2)NC(=O)NS(=O)(=O)Nc2cccc(Oc3ccccc3)c2)cc1. The second kappa shape index (κ2) is 13.4. The van der Waals surface area contributed by atoms with Crippen LogP contribution in [-0.2, 0) is 21.4 Å². The maximum atomic E-state index is 13.5. The Kier molecular flexibility index (Phi) is 9.43. The zero-order valence-corrected chi connectivity index (χ0v) is 23.3. The predicted molar refractivity (Wildman–Crippen MR) is 158 cm³/mol. The van der Waals surface area contributed by atoms with Gasteiger partial charge >= 0.3 is 16.2 Å². The molecule has 0 saturated heterocycles. The van der Waals surface area contributed by atoms with E-state index in [9.17, 15) is 18.0 Å². The third kappa shape index (κ3) is 8.48. The van der Waals surface area contributed by atoms with Gasteiger partial charge in [0.25, 0.3) is 0 Å². The quantitative estimate of drug-likeness (QED) is 0.238. The maximum absolute atomic E-state index is 13.5. The summed E-state index contributed by atoms with van der Waals surface area (Å²) in [6.07, 6.45) is 0.139. The number of benzene rings is 4. The average Bonchev–Trinajstić information content (AvgIpc) is 2.97. The van der Waals surface area contributed by atoms with Gasteiger partial charge in [-0.05, 0) is 54.1 Å². The summed E-state index contributed by atoms with van der Waals surface area (Å²) >= 11 is 0. The summed E-state index contributed by atoms with van der Waals surface area (Å²) < 4.78 is 40.7. The highest BCUT2D eigenvalue weighted by atomic mass is 32.2. The number of para-hydroxylation sites is 1. The third-order valence-corrected chi connectivity index (χ3v) is 6.93. The van der Waals surface area contributed by atoms with Gasteiger partial charge in [0.05, 0.1) is 12.8 Å². The Morgan fingerprint density at radius 2 is 1.44 bits per heavy atom. The van der Waals surface area contributed by atoms with Crippen LogP contribution in [0.25, 0.3) is 0 Å². The molecule has 0 spiro atoms. The summed E-state index contributed by atoms with van der Waals surface area (Å²) in [7, 11) is -1.24. The lowest BCUT2D eigenvalue weighted by molar-refractivity contribution is -0.120. The Balaban J connectivity index is 1.45. The van der Waals surface area contributed by atoms with E-state index in [-0.39, 0.29) is 12.1 Å². The lowest BCUT2D eigenvalue weighted by Gasteiger charge is -2.25. The summed E-state index contributed by atoms with van der Waals surface area (Å²) in [4.78, 5) is 27.7. The van der Waals surface area contributed by atoms with Crippen molar-refractivity contribution < 1.29 is 27.5 Å². The Bertz CT molecular complexity index is 1570. The zero-order chi connectivity index (χ0) is 29.2. The monoisotopic (exact) mass is 574 g/mol. The van der Waals surface area contributed by atoms with Crippen LogP contribution < -0.4 is 29.1 Å². The van der Waals surface area contributed by atoms with Crippen molar-refractivity contribution in [2.24, 2.45) is 0 Å². The highest BCUT2D eigenvalue weighted by Gasteiger charge is 2.27. The number of hydrogen-bond donors (Lipinski definition) is 3. The highest BCUT2D eigenvalue weighted by molar-refractivity contribution is 7.91. The fraction of sp³-hybridized carbons (Fsp3) is 0.133. The fourth-order valence-corrected chi connectivity index (χ4v) is 4.75. The van der Waals surface area contributed by atoms with Gasteiger partial charge in [0, 0.05) is 25.2 Å². The van der Waals surface area contributed by atoms with E-state index in [0.29, 0.717) is 22.9 Å². The van der Waals surface area contributed by atoms with Crippen molar-refractivity contribution in [1.82, 2.24) is 10.0 Å². The molecule has 3 N–H and O–H groups in total. The Hall–Kier alpha value is -5.03.